The largest absolute Gasteiger partial charge is 0.482 e. The van der Waals surface area contributed by atoms with Gasteiger partial charge in [0.1, 0.15) is 29.4 Å². The van der Waals surface area contributed by atoms with E-state index in [1.807, 2.05) is 6.07 Å². The van der Waals surface area contributed by atoms with Gasteiger partial charge in [-0.1, -0.05) is 12.1 Å². The van der Waals surface area contributed by atoms with Gasteiger partial charge in [-0.25, -0.2) is 4.79 Å². The summed E-state index contributed by atoms with van der Waals surface area (Å²) in [5.41, 5.74) is 0.921. The van der Waals surface area contributed by atoms with Gasteiger partial charge in [0.05, 0.1) is 19.2 Å². The van der Waals surface area contributed by atoms with E-state index in [4.69, 9.17) is 13.9 Å². The van der Waals surface area contributed by atoms with Crippen molar-refractivity contribution in [3.05, 3.63) is 47.4 Å². The Kier molecular flexibility index (Phi) is 5.44. The van der Waals surface area contributed by atoms with Crippen molar-refractivity contribution in [2.75, 3.05) is 25.2 Å². The Morgan fingerprint density at radius 3 is 2.81 bits per heavy atom. The molecule has 8 heteroatoms. The number of rotatable bonds is 6. The van der Waals surface area contributed by atoms with E-state index < -0.39 is 11.9 Å². The fraction of sp³-hybridized carbons (Fsp3) is 0.316. The zero-order valence-electron chi connectivity index (χ0n) is 15.0. The fourth-order valence-electron chi connectivity index (χ4n) is 2.75. The lowest BCUT2D eigenvalue weighted by Gasteiger charge is -2.28. The number of para-hydroxylation sites is 2. The molecular weight excluding hydrogens is 354 g/mol. The van der Waals surface area contributed by atoms with E-state index in [9.17, 15) is 14.4 Å². The molecule has 0 N–H and O–H groups in total. The Morgan fingerprint density at radius 1 is 1.26 bits per heavy atom. The maximum atomic E-state index is 12.1. The minimum Gasteiger partial charge on any atom is -0.482 e. The number of carbonyl (C=O) groups excluding carboxylic acids is 3. The van der Waals surface area contributed by atoms with Crippen molar-refractivity contribution in [3.63, 3.8) is 0 Å². The number of amides is 1. The molecule has 0 saturated heterocycles. The first kappa shape index (κ1) is 18.5. The molecule has 3 rings (SSSR count). The Bertz CT molecular complexity index is 871. The molecule has 1 aliphatic heterocycles. The first-order valence-corrected chi connectivity index (χ1v) is 8.35. The Balaban J connectivity index is 1.55. The summed E-state index contributed by atoms with van der Waals surface area (Å²) >= 11 is 0. The van der Waals surface area contributed by atoms with E-state index in [0.29, 0.717) is 28.5 Å². The third-order valence-electron chi connectivity index (χ3n) is 4.10. The summed E-state index contributed by atoms with van der Waals surface area (Å²) in [6.45, 7) is 1.64. The van der Waals surface area contributed by atoms with Crippen molar-refractivity contribution in [2.45, 2.75) is 20.0 Å². The maximum Gasteiger partial charge on any atom is 0.341 e. The number of hydrogen-bond donors (Lipinski definition) is 0. The fourth-order valence-corrected chi connectivity index (χ4v) is 2.75. The monoisotopic (exact) mass is 373 g/mol. The smallest absolute Gasteiger partial charge is 0.341 e. The number of hydrogen-bond acceptors (Lipinski definition) is 7. The molecule has 2 heterocycles. The van der Waals surface area contributed by atoms with Crippen LogP contribution in [0.25, 0.3) is 0 Å². The summed E-state index contributed by atoms with van der Waals surface area (Å²) in [6, 6.07) is 8.62. The third-order valence-corrected chi connectivity index (χ3v) is 4.10. The molecule has 0 aliphatic carbocycles. The first-order chi connectivity index (χ1) is 13.0. The number of carbonyl (C=O) groups is 3. The summed E-state index contributed by atoms with van der Waals surface area (Å²) < 4.78 is 20.6. The Morgan fingerprint density at radius 2 is 2.04 bits per heavy atom. The molecule has 1 aromatic carbocycles. The quantitative estimate of drug-likeness (QED) is 0.717. The van der Waals surface area contributed by atoms with Crippen LogP contribution in [0.5, 0.6) is 5.75 Å². The molecule has 0 saturated carbocycles. The summed E-state index contributed by atoms with van der Waals surface area (Å²) in [6.07, 6.45) is 0.0175. The lowest BCUT2D eigenvalue weighted by atomic mass is 10.2. The number of benzene rings is 1. The van der Waals surface area contributed by atoms with E-state index in [2.05, 4.69) is 4.74 Å². The predicted octanol–water partition coefficient (Wildman–Crippen LogP) is 2.23. The van der Waals surface area contributed by atoms with Crippen LogP contribution in [0.4, 0.5) is 5.69 Å². The average Bonchev–Trinajstić information content (AvgIpc) is 3.05. The molecule has 1 aromatic heterocycles. The summed E-state index contributed by atoms with van der Waals surface area (Å²) in [5.74, 6) is 0.119. The van der Waals surface area contributed by atoms with Gasteiger partial charge >= 0.3 is 11.9 Å². The molecule has 0 atom stereocenters. The lowest BCUT2D eigenvalue weighted by Crippen LogP contribution is -2.40. The van der Waals surface area contributed by atoms with Gasteiger partial charge in [-0.05, 0) is 25.1 Å². The van der Waals surface area contributed by atoms with Crippen molar-refractivity contribution in [3.8, 4) is 5.75 Å². The number of fused-ring (bicyclic) bond motifs is 1. The Hall–Kier alpha value is -3.29. The zero-order chi connectivity index (χ0) is 19.4. The summed E-state index contributed by atoms with van der Waals surface area (Å²) in [7, 11) is 1.28. The van der Waals surface area contributed by atoms with Gasteiger partial charge < -0.3 is 23.5 Å². The van der Waals surface area contributed by atoms with Crippen LogP contribution in [-0.2, 0) is 25.7 Å². The van der Waals surface area contributed by atoms with E-state index in [1.165, 1.54) is 18.1 Å². The van der Waals surface area contributed by atoms with E-state index in [-0.39, 0.29) is 32.1 Å². The highest BCUT2D eigenvalue weighted by molar-refractivity contribution is 5.98. The molecule has 1 amide bonds. The standard InChI is InChI=1S/C19H19NO7/c1-12-14(19(23)24-2)9-13(27-12)10-26-18(22)7-8-20-15-5-3-4-6-16(15)25-11-17(20)21/h3-6,9H,7-8,10-11H2,1-2H3. The van der Waals surface area contributed by atoms with Crippen LogP contribution < -0.4 is 9.64 Å². The number of ether oxygens (including phenoxy) is 3. The van der Waals surface area contributed by atoms with Gasteiger partial charge in [0.15, 0.2) is 6.61 Å². The van der Waals surface area contributed by atoms with Gasteiger partial charge in [0, 0.05) is 6.54 Å². The highest BCUT2D eigenvalue weighted by Gasteiger charge is 2.25. The van der Waals surface area contributed by atoms with Crippen LogP contribution in [0.3, 0.4) is 0 Å². The van der Waals surface area contributed by atoms with Gasteiger partial charge in [-0.15, -0.1) is 0 Å². The predicted molar refractivity (Wildman–Crippen MR) is 93.5 cm³/mol. The molecule has 27 heavy (non-hydrogen) atoms. The summed E-state index contributed by atoms with van der Waals surface area (Å²) in [4.78, 5) is 37.2. The van der Waals surface area contributed by atoms with Crippen molar-refractivity contribution < 1.29 is 33.0 Å². The SMILES string of the molecule is COC(=O)c1cc(COC(=O)CCN2C(=O)COc3ccccc32)oc1C. The highest BCUT2D eigenvalue weighted by Crippen LogP contribution is 2.31. The van der Waals surface area contributed by atoms with E-state index in [0.717, 1.165) is 0 Å². The number of nitrogens with zero attached hydrogens (tertiary/aromatic N) is 1. The molecule has 8 nitrogen and oxygen atoms in total. The van der Waals surface area contributed by atoms with Gasteiger partial charge in [-0.3, -0.25) is 9.59 Å². The Labute approximate surface area is 155 Å². The maximum absolute atomic E-state index is 12.1. The van der Waals surface area contributed by atoms with E-state index in [1.54, 1.807) is 25.1 Å². The van der Waals surface area contributed by atoms with Crippen molar-refractivity contribution in [1.82, 2.24) is 0 Å². The minimum absolute atomic E-state index is 0.0175. The third kappa shape index (κ3) is 4.11. The number of esters is 2. The summed E-state index contributed by atoms with van der Waals surface area (Å²) in [5, 5.41) is 0. The molecule has 142 valence electrons. The molecule has 0 unspecified atom stereocenters. The van der Waals surface area contributed by atoms with Gasteiger partial charge in [0.2, 0.25) is 0 Å². The lowest BCUT2D eigenvalue weighted by molar-refractivity contribution is -0.145. The topological polar surface area (TPSA) is 95.3 Å². The van der Waals surface area contributed by atoms with Crippen LogP contribution in [0, 0.1) is 6.92 Å². The molecular formula is C19H19NO7. The van der Waals surface area contributed by atoms with Crippen molar-refractivity contribution >= 4 is 23.5 Å². The number of anilines is 1. The van der Waals surface area contributed by atoms with Crippen molar-refractivity contribution in [2.24, 2.45) is 0 Å². The molecule has 0 fully saturated rings. The van der Waals surface area contributed by atoms with Gasteiger partial charge in [0.25, 0.3) is 5.91 Å². The molecule has 2 aromatic rings. The van der Waals surface area contributed by atoms with Crippen LogP contribution >= 0.6 is 0 Å². The highest BCUT2D eigenvalue weighted by atomic mass is 16.5. The average molecular weight is 373 g/mol. The van der Waals surface area contributed by atoms with Crippen molar-refractivity contribution in [1.29, 1.82) is 0 Å². The molecule has 1 aliphatic rings. The first-order valence-electron chi connectivity index (χ1n) is 8.35. The number of aryl methyl sites for hydroxylation is 1. The molecule has 0 spiro atoms. The second-order valence-corrected chi connectivity index (χ2v) is 5.89. The second-order valence-electron chi connectivity index (χ2n) is 5.89. The van der Waals surface area contributed by atoms with Crippen LogP contribution in [-0.4, -0.2) is 38.1 Å². The van der Waals surface area contributed by atoms with Crippen LogP contribution in [0.2, 0.25) is 0 Å². The molecule has 0 bridgehead atoms. The van der Waals surface area contributed by atoms with Gasteiger partial charge in [-0.2, -0.15) is 0 Å². The number of furan rings is 1. The zero-order valence-corrected chi connectivity index (χ0v) is 15.0. The van der Waals surface area contributed by atoms with Crippen LogP contribution in [0.15, 0.2) is 34.7 Å². The minimum atomic E-state index is -0.515. The van der Waals surface area contributed by atoms with E-state index >= 15 is 0 Å². The normalized spacial score (nSPS) is 13.0. The second kappa shape index (κ2) is 7.94. The molecule has 0 radical (unpaired) electrons. The van der Waals surface area contributed by atoms with Crippen LogP contribution in [0.1, 0.15) is 28.3 Å². The number of methoxy groups -OCH3 is 1.